The van der Waals surface area contributed by atoms with Crippen molar-refractivity contribution in [1.82, 2.24) is 5.32 Å². The van der Waals surface area contributed by atoms with Crippen molar-refractivity contribution >= 4 is 0 Å². The van der Waals surface area contributed by atoms with E-state index < -0.39 is 0 Å². The molecule has 17 heavy (non-hydrogen) atoms. The molecule has 0 amide bonds. The minimum atomic E-state index is -0.245. The molecule has 0 aliphatic heterocycles. The summed E-state index contributed by atoms with van der Waals surface area (Å²) in [6.07, 6.45) is 8.83. The highest BCUT2D eigenvalue weighted by atomic mass is 16.5. The number of rotatable bonds is 11. The third-order valence-corrected chi connectivity index (χ3v) is 3.29. The van der Waals surface area contributed by atoms with Gasteiger partial charge in [0.1, 0.15) is 0 Å². The molecule has 1 aliphatic rings. The maximum Gasteiger partial charge on any atom is 0.0668 e. The van der Waals surface area contributed by atoms with E-state index in [-0.39, 0.29) is 12.1 Å². The van der Waals surface area contributed by atoms with E-state index in [1.54, 1.807) is 0 Å². The average molecular weight is 243 g/mol. The molecule has 0 aromatic heterocycles. The lowest BCUT2D eigenvalue weighted by atomic mass is 10.1. The van der Waals surface area contributed by atoms with Crippen molar-refractivity contribution < 1.29 is 9.84 Å². The first-order valence-electron chi connectivity index (χ1n) is 7.16. The molecule has 1 saturated carbocycles. The lowest BCUT2D eigenvalue weighted by molar-refractivity contribution is 0.0417. The van der Waals surface area contributed by atoms with Crippen LogP contribution in [0.4, 0.5) is 0 Å². The quantitative estimate of drug-likeness (QED) is 0.548. The minimum Gasteiger partial charge on any atom is -0.394 e. The van der Waals surface area contributed by atoms with Gasteiger partial charge in [-0.2, -0.15) is 0 Å². The molecule has 0 spiro atoms. The Kier molecular flexibility index (Phi) is 7.09. The topological polar surface area (TPSA) is 41.5 Å². The van der Waals surface area contributed by atoms with E-state index in [0.717, 1.165) is 13.0 Å². The summed E-state index contributed by atoms with van der Waals surface area (Å²) in [5, 5.41) is 12.8. The van der Waals surface area contributed by atoms with Gasteiger partial charge in [0, 0.05) is 12.6 Å². The van der Waals surface area contributed by atoms with Gasteiger partial charge in [-0.05, 0) is 26.2 Å². The first-order chi connectivity index (χ1) is 8.20. The van der Waals surface area contributed by atoms with Crippen LogP contribution in [0.15, 0.2) is 0 Å². The van der Waals surface area contributed by atoms with Gasteiger partial charge in [-0.15, -0.1) is 0 Å². The number of hydrogen-bond acceptors (Lipinski definition) is 3. The first-order valence-corrected chi connectivity index (χ1v) is 7.16. The molecule has 102 valence electrons. The normalized spacial score (nSPS) is 19.2. The fraction of sp³-hybridized carbons (Fsp3) is 1.00. The molecule has 0 aromatic rings. The van der Waals surface area contributed by atoms with E-state index in [1.165, 1.54) is 38.5 Å². The van der Waals surface area contributed by atoms with Gasteiger partial charge in [-0.1, -0.05) is 32.6 Å². The summed E-state index contributed by atoms with van der Waals surface area (Å²) in [5.41, 5.74) is -0.245. The third-order valence-electron chi connectivity index (χ3n) is 3.29. The second kappa shape index (κ2) is 8.06. The fourth-order valence-electron chi connectivity index (χ4n) is 1.96. The molecule has 1 rings (SSSR count). The molecule has 0 heterocycles. The van der Waals surface area contributed by atoms with Crippen LogP contribution in [-0.4, -0.2) is 36.5 Å². The molecule has 3 nitrogen and oxygen atoms in total. The van der Waals surface area contributed by atoms with Gasteiger partial charge in [-0.3, -0.25) is 0 Å². The van der Waals surface area contributed by atoms with Crippen molar-refractivity contribution in [2.75, 3.05) is 19.8 Å². The zero-order valence-electron chi connectivity index (χ0n) is 11.5. The lowest BCUT2D eigenvalue weighted by Crippen LogP contribution is -2.50. The SMILES string of the molecule is CCCCCCCOCC(C)(CO)NC1CC1. The van der Waals surface area contributed by atoms with Crippen molar-refractivity contribution in [1.29, 1.82) is 0 Å². The lowest BCUT2D eigenvalue weighted by Gasteiger charge is -2.28. The standard InChI is InChI=1S/C14H29NO2/c1-3-4-5-6-7-10-17-12-14(2,11-16)15-13-8-9-13/h13,15-16H,3-12H2,1-2H3. The molecule has 0 radical (unpaired) electrons. The van der Waals surface area contributed by atoms with Crippen LogP contribution in [0.2, 0.25) is 0 Å². The smallest absolute Gasteiger partial charge is 0.0668 e. The highest BCUT2D eigenvalue weighted by Crippen LogP contribution is 2.22. The summed E-state index contributed by atoms with van der Waals surface area (Å²) in [4.78, 5) is 0. The van der Waals surface area contributed by atoms with Crippen molar-refractivity contribution in [2.24, 2.45) is 0 Å². The number of aliphatic hydroxyl groups is 1. The van der Waals surface area contributed by atoms with E-state index in [1.807, 2.05) is 6.92 Å². The zero-order valence-corrected chi connectivity index (χ0v) is 11.5. The molecule has 1 unspecified atom stereocenters. The molecule has 1 atom stereocenters. The summed E-state index contributed by atoms with van der Waals surface area (Å²) in [6, 6.07) is 0.611. The van der Waals surface area contributed by atoms with E-state index in [2.05, 4.69) is 12.2 Å². The van der Waals surface area contributed by atoms with Crippen LogP contribution < -0.4 is 5.32 Å². The average Bonchev–Trinajstić information content (AvgIpc) is 3.12. The molecule has 0 saturated heterocycles. The Morgan fingerprint density at radius 3 is 2.53 bits per heavy atom. The van der Waals surface area contributed by atoms with Gasteiger partial charge in [-0.25, -0.2) is 0 Å². The van der Waals surface area contributed by atoms with Crippen LogP contribution in [0.5, 0.6) is 0 Å². The van der Waals surface area contributed by atoms with Crippen LogP contribution >= 0.6 is 0 Å². The highest BCUT2D eigenvalue weighted by molar-refractivity contribution is 4.92. The largest absolute Gasteiger partial charge is 0.394 e. The molecule has 0 aromatic carbocycles. The highest BCUT2D eigenvalue weighted by Gasteiger charge is 2.32. The number of nitrogens with one attached hydrogen (secondary N) is 1. The second-order valence-electron chi connectivity index (χ2n) is 5.60. The maximum absolute atomic E-state index is 9.39. The predicted octanol–water partition coefficient (Wildman–Crippen LogP) is 2.48. The number of aliphatic hydroxyl groups excluding tert-OH is 1. The van der Waals surface area contributed by atoms with Crippen LogP contribution in [0.1, 0.15) is 58.8 Å². The molecule has 1 fully saturated rings. The Morgan fingerprint density at radius 2 is 1.94 bits per heavy atom. The zero-order chi connectivity index (χ0) is 12.6. The second-order valence-corrected chi connectivity index (χ2v) is 5.60. The van der Waals surface area contributed by atoms with Crippen LogP contribution in [0, 0.1) is 0 Å². The maximum atomic E-state index is 9.39. The number of hydrogen-bond donors (Lipinski definition) is 2. The van der Waals surface area contributed by atoms with Gasteiger partial charge in [0.05, 0.1) is 18.8 Å². The van der Waals surface area contributed by atoms with Gasteiger partial charge < -0.3 is 15.2 Å². The van der Waals surface area contributed by atoms with Crippen molar-refractivity contribution in [3.8, 4) is 0 Å². The van der Waals surface area contributed by atoms with Gasteiger partial charge >= 0.3 is 0 Å². The Balaban J connectivity index is 1.98. The summed E-state index contributed by atoms with van der Waals surface area (Å²) in [5.74, 6) is 0. The summed E-state index contributed by atoms with van der Waals surface area (Å²) >= 11 is 0. The molecular weight excluding hydrogens is 214 g/mol. The Hall–Kier alpha value is -0.120. The molecular formula is C14H29NO2. The van der Waals surface area contributed by atoms with Crippen LogP contribution in [0.3, 0.4) is 0 Å². The summed E-state index contributed by atoms with van der Waals surface area (Å²) in [7, 11) is 0. The number of ether oxygens (including phenoxy) is 1. The number of unbranched alkanes of at least 4 members (excludes halogenated alkanes) is 4. The summed E-state index contributed by atoms with van der Waals surface area (Å²) < 4.78 is 5.68. The van der Waals surface area contributed by atoms with E-state index in [9.17, 15) is 5.11 Å². The minimum absolute atomic E-state index is 0.152. The Labute approximate surface area is 106 Å². The first kappa shape index (κ1) is 14.9. The fourth-order valence-corrected chi connectivity index (χ4v) is 1.96. The van der Waals surface area contributed by atoms with Gasteiger partial charge in [0.15, 0.2) is 0 Å². The van der Waals surface area contributed by atoms with Crippen molar-refractivity contribution in [3.63, 3.8) is 0 Å². The van der Waals surface area contributed by atoms with Gasteiger partial charge in [0.2, 0.25) is 0 Å². The molecule has 3 heteroatoms. The van der Waals surface area contributed by atoms with Crippen molar-refractivity contribution in [3.05, 3.63) is 0 Å². The van der Waals surface area contributed by atoms with E-state index in [4.69, 9.17) is 4.74 Å². The van der Waals surface area contributed by atoms with Gasteiger partial charge in [0.25, 0.3) is 0 Å². The van der Waals surface area contributed by atoms with Crippen molar-refractivity contribution in [2.45, 2.75) is 70.4 Å². The Morgan fingerprint density at radius 1 is 1.24 bits per heavy atom. The van der Waals surface area contributed by atoms with E-state index >= 15 is 0 Å². The molecule has 2 N–H and O–H groups in total. The van der Waals surface area contributed by atoms with Crippen LogP contribution in [-0.2, 0) is 4.74 Å². The predicted molar refractivity (Wildman–Crippen MR) is 71.2 cm³/mol. The van der Waals surface area contributed by atoms with Crippen LogP contribution in [0.25, 0.3) is 0 Å². The summed E-state index contributed by atoms with van der Waals surface area (Å²) in [6.45, 7) is 5.87. The third kappa shape index (κ3) is 7.02. The molecule has 1 aliphatic carbocycles. The van der Waals surface area contributed by atoms with E-state index in [0.29, 0.717) is 12.6 Å². The monoisotopic (exact) mass is 243 g/mol. The Bertz CT molecular complexity index is 195. The molecule has 0 bridgehead atoms.